The van der Waals surface area contributed by atoms with Gasteiger partial charge in [0.15, 0.2) is 0 Å². The zero-order valence-electron chi connectivity index (χ0n) is 19.3. The van der Waals surface area contributed by atoms with Crippen LogP contribution in [0.2, 0.25) is 0 Å². The summed E-state index contributed by atoms with van der Waals surface area (Å²) in [5.74, 6) is 0.378. The second-order valence-electron chi connectivity index (χ2n) is 9.55. The Labute approximate surface area is 197 Å². The first-order valence-corrected chi connectivity index (χ1v) is 13.7. The van der Waals surface area contributed by atoms with Crippen LogP contribution >= 0.6 is 0 Å². The second kappa shape index (κ2) is 11.0. The molecule has 1 aromatic carbocycles. The SMILES string of the molecule is O=C(NCC1CCCCC1)[C@H]1CC(=O)N(CCN2CCN(S(=O)(=O)c3ccccc3)CC2)C1. The minimum absolute atomic E-state index is 0.0103. The maximum absolute atomic E-state index is 12.8. The van der Waals surface area contributed by atoms with E-state index in [1.807, 2.05) is 6.07 Å². The van der Waals surface area contributed by atoms with E-state index in [9.17, 15) is 18.0 Å². The van der Waals surface area contributed by atoms with Crippen molar-refractivity contribution in [1.29, 1.82) is 0 Å². The van der Waals surface area contributed by atoms with E-state index >= 15 is 0 Å². The molecule has 1 aromatic rings. The van der Waals surface area contributed by atoms with Crippen LogP contribution < -0.4 is 5.32 Å². The first kappa shape index (κ1) is 24.2. The van der Waals surface area contributed by atoms with Crippen molar-refractivity contribution in [1.82, 2.24) is 19.4 Å². The molecule has 8 nitrogen and oxygen atoms in total. The summed E-state index contributed by atoms with van der Waals surface area (Å²) in [5.41, 5.74) is 0. The Morgan fingerprint density at radius 3 is 2.36 bits per heavy atom. The molecular formula is C24H36N4O4S. The van der Waals surface area contributed by atoms with E-state index in [2.05, 4.69) is 10.2 Å². The Morgan fingerprint density at radius 1 is 0.970 bits per heavy atom. The summed E-state index contributed by atoms with van der Waals surface area (Å²) >= 11 is 0. The molecule has 0 bridgehead atoms. The van der Waals surface area contributed by atoms with Gasteiger partial charge in [0, 0.05) is 58.8 Å². The second-order valence-corrected chi connectivity index (χ2v) is 11.5. The molecule has 4 rings (SSSR count). The van der Waals surface area contributed by atoms with Crippen molar-refractivity contribution in [3.05, 3.63) is 30.3 Å². The highest BCUT2D eigenvalue weighted by molar-refractivity contribution is 7.89. The predicted molar refractivity (Wildman–Crippen MR) is 126 cm³/mol. The molecule has 2 aliphatic heterocycles. The van der Waals surface area contributed by atoms with Crippen molar-refractivity contribution >= 4 is 21.8 Å². The van der Waals surface area contributed by atoms with Crippen LogP contribution in [0.15, 0.2) is 35.2 Å². The molecule has 0 spiro atoms. The van der Waals surface area contributed by atoms with E-state index in [1.165, 1.54) is 36.4 Å². The molecule has 3 aliphatic rings. The van der Waals surface area contributed by atoms with Gasteiger partial charge in [-0.15, -0.1) is 0 Å². The van der Waals surface area contributed by atoms with E-state index in [-0.39, 0.29) is 17.7 Å². The van der Waals surface area contributed by atoms with Gasteiger partial charge in [0.05, 0.1) is 10.8 Å². The Kier molecular flexibility index (Phi) is 8.03. The summed E-state index contributed by atoms with van der Waals surface area (Å²) in [7, 11) is -3.46. The molecule has 0 aromatic heterocycles. The molecule has 0 unspecified atom stereocenters. The van der Waals surface area contributed by atoms with Crippen molar-refractivity contribution in [3.8, 4) is 0 Å². The lowest BCUT2D eigenvalue weighted by Crippen LogP contribution is -2.50. The van der Waals surface area contributed by atoms with Gasteiger partial charge in [-0.25, -0.2) is 8.42 Å². The first-order valence-electron chi connectivity index (χ1n) is 12.3. The number of carbonyl (C=O) groups is 2. The average molecular weight is 477 g/mol. The van der Waals surface area contributed by atoms with Crippen molar-refractivity contribution < 1.29 is 18.0 Å². The minimum atomic E-state index is -3.46. The molecule has 1 atom stereocenters. The number of amides is 2. The van der Waals surface area contributed by atoms with E-state index < -0.39 is 10.0 Å². The fourth-order valence-electron chi connectivity index (χ4n) is 5.14. The topological polar surface area (TPSA) is 90.0 Å². The number of piperazine rings is 1. The molecule has 9 heteroatoms. The molecule has 2 heterocycles. The molecule has 0 radical (unpaired) electrons. The number of hydrogen-bond donors (Lipinski definition) is 1. The average Bonchev–Trinajstić information content (AvgIpc) is 3.23. The van der Waals surface area contributed by atoms with Crippen LogP contribution in [-0.4, -0.2) is 86.7 Å². The Balaban J connectivity index is 1.18. The smallest absolute Gasteiger partial charge is 0.243 e. The third-order valence-electron chi connectivity index (χ3n) is 7.27. The highest BCUT2D eigenvalue weighted by atomic mass is 32.2. The number of carbonyl (C=O) groups excluding carboxylic acids is 2. The summed E-state index contributed by atoms with van der Waals surface area (Å²) in [5, 5.41) is 3.08. The van der Waals surface area contributed by atoms with Gasteiger partial charge in [-0.2, -0.15) is 4.31 Å². The Morgan fingerprint density at radius 2 is 1.67 bits per heavy atom. The third-order valence-corrected chi connectivity index (χ3v) is 9.19. The Bertz CT molecular complexity index is 910. The van der Waals surface area contributed by atoms with Crippen LogP contribution in [0.5, 0.6) is 0 Å². The van der Waals surface area contributed by atoms with E-state index in [4.69, 9.17) is 0 Å². The molecule has 1 aliphatic carbocycles. The van der Waals surface area contributed by atoms with E-state index in [0.29, 0.717) is 63.0 Å². The number of benzene rings is 1. The molecule has 182 valence electrons. The van der Waals surface area contributed by atoms with Gasteiger partial charge in [-0.1, -0.05) is 37.5 Å². The van der Waals surface area contributed by atoms with Crippen LogP contribution in [-0.2, 0) is 19.6 Å². The molecule has 1 N–H and O–H groups in total. The lowest BCUT2D eigenvalue weighted by Gasteiger charge is -2.34. The Hall–Kier alpha value is -1.97. The quantitative estimate of drug-likeness (QED) is 0.615. The van der Waals surface area contributed by atoms with Gasteiger partial charge in [0.1, 0.15) is 0 Å². The minimum Gasteiger partial charge on any atom is -0.356 e. The largest absolute Gasteiger partial charge is 0.356 e. The molecule has 33 heavy (non-hydrogen) atoms. The summed E-state index contributed by atoms with van der Waals surface area (Å²) in [6.45, 7) is 4.66. The van der Waals surface area contributed by atoms with Crippen molar-refractivity contribution in [2.45, 2.75) is 43.4 Å². The lowest BCUT2D eigenvalue weighted by atomic mass is 9.89. The number of nitrogens with one attached hydrogen (secondary N) is 1. The van der Waals surface area contributed by atoms with Crippen molar-refractivity contribution in [2.24, 2.45) is 11.8 Å². The molecule has 2 amide bonds. The molecule has 3 fully saturated rings. The van der Waals surface area contributed by atoms with E-state index in [0.717, 1.165) is 6.54 Å². The number of sulfonamides is 1. The molecule has 1 saturated carbocycles. The fraction of sp³-hybridized carbons (Fsp3) is 0.667. The maximum Gasteiger partial charge on any atom is 0.243 e. The van der Waals surface area contributed by atoms with Crippen LogP contribution in [0.3, 0.4) is 0 Å². The van der Waals surface area contributed by atoms with Gasteiger partial charge in [0.2, 0.25) is 21.8 Å². The van der Waals surface area contributed by atoms with Crippen LogP contribution in [0.4, 0.5) is 0 Å². The number of nitrogens with zero attached hydrogens (tertiary/aromatic N) is 3. The maximum atomic E-state index is 12.8. The highest BCUT2D eigenvalue weighted by Crippen LogP contribution is 2.24. The predicted octanol–water partition coefficient (Wildman–Crippen LogP) is 1.54. The number of hydrogen-bond acceptors (Lipinski definition) is 5. The summed E-state index contributed by atoms with van der Waals surface area (Å²) in [4.78, 5) is 29.3. The standard InChI is InChI=1S/C24H36N4O4S/c29-23-17-21(24(30)25-18-20-7-3-1-4-8-20)19-27(23)14-11-26-12-15-28(16-13-26)33(31,32)22-9-5-2-6-10-22/h2,5-6,9-10,20-21H,1,3-4,7-8,11-19H2,(H,25,30)/t21-/m0/s1. The van der Waals surface area contributed by atoms with E-state index in [1.54, 1.807) is 29.2 Å². The summed E-state index contributed by atoms with van der Waals surface area (Å²) in [6.07, 6.45) is 6.48. The normalized spacial score (nSPS) is 23.7. The van der Waals surface area contributed by atoms with Gasteiger partial charge < -0.3 is 10.2 Å². The number of rotatable bonds is 8. The van der Waals surface area contributed by atoms with Gasteiger partial charge in [-0.3, -0.25) is 14.5 Å². The number of likely N-dealkylation sites (tertiary alicyclic amines) is 1. The van der Waals surface area contributed by atoms with Gasteiger partial charge >= 0.3 is 0 Å². The molecular weight excluding hydrogens is 440 g/mol. The summed E-state index contributed by atoms with van der Waals surface area (Å²) in [6, 6.07) is 8.53. The fourth-order valence-corrected chi connectivity index (χ4v) is 6.58. The van der Waals surface area contributed by atoms with Crippen molar-refractivity contribution in [2.75, 3.05) is 52.4 Å². The third kappa shape index (κ3) is 6.13. The lowest BCUT2D eigenvalue weighted by molar-refractivity contribution is -0.129. The van der Waals surface area contributed by atoms with Crippen molar-refractivity contribution in [3.63, 3.8) is 0 Å². The first-order chi connectivity index (χ1) is 15.9. The van der Waals surface area contributed by atoms with Gasteiger partial charge in [-0.05, 0) is 30.9 Å². The summed E-state index contributed by atoms with van der Waals surface area (Å²) < 4.78 is 27.1. The van der Waals surface area contributed by atoms with Crippen LogP contribution in [0, 0.1) is 11.8 Å². The zero-order chi connectivity index (χ0) is 23.3. The zero-order valence-corrected chi connectivity index (χ0v) is 20.1. The van der Waals surface area contributed by atoms with Crippen LogP contribution in [0.1, 0.15) is 38.5 Å². The highest BCUT2D eigenvalue weighted by Gasteiger charge is 2.35. The van der Waals surface area contributed by atoms with Crippen LogP contribution in [0.25, 0.3) is 0 Å². The van der Waals surface area contributed by atoms with Gasteiger partial charge in [0.25, 0.3) is 0 Å². The molecule has 2 saturated heterocycles. The monoisotopic (exact) mass is 476 g/mol.